The summed E-state index contributed by atoms with van der Waals surface area (Å²) in [6, 6.07) is 3.94. The molecule has 6 heteroatoms. The Labute approximate surface area is 123 Å². The van der Waals surface area contributed by atoms with E-state index in [9.17, 15) is 0 Å². The van der Waals surface area contributed by atoms with E-state index in [2.05, 4.69) is 20.7 Å². The molecule has 1 unspecified atom stereocenters. The van der Waals surface area contributed by atoms with Crippen LogP contribution < -0.4 is 5.43 Å². The molecule has 0 bridgehead atoms. The fraction of sp³-hybridized carbons (Fsp3) is 0.400. The highest BCUT2D eigenvalue weighted by atomic mass is 16.5. The lowest BCUT2D eigenvalue weighted by Crippen LogP contribution is -2.25. The summed E-state index contributed by atoms with van der Waals surface area (Å²) in [5, 5.41) is 12.4. The smallest absolute Gasteiger partial charge is 0.208 e. The molecule has 21 heavy (non-hydrogen) atoms. The monoisotopic (exact) mass is 286 g/mol. The van der Waals surface area contributed by atoms with Gasteiger partial charge in [-0.05, 0) is 43.5 Å². The van der Waals surface area contributed by atoms with Crippen LogP contribution in [0.15, 0.2) is 34.6 Å². The van der Waals surface area contributed by atoms with Crippen molar-refractivity contribution in [3.8, 4) is 0 Å². The molecule has 2 heterocycles. The Balaban J connectivity index is 1.88. The van der Waals surface area contributed by atoms with Crippen LogP contribution in [-0.2, 0) is 9.47 Å². The number of nitrogens with zero attached hydrogens (tertiary/aromatic N) is 3. The van der Waals surface area contributed by atoms with Crippen molar-refractivity contribution >= 4 is 11.5 Å². The third kappa shape index (κ3) is 2.74. The fourth-order valence-electron chi connectivity index (χ4n) is 2.45. The number of hydrogen-bond acceptors (Lipinski definition) is 6. The topological polar surface area (TPSA) is 68.6 Å². The summed E-state index contributed by atoms with van der Waals surface area (Å²) in [6.45, 7) is 3.75. The van der Waals surface area contributed by atoms with Crippen LogP contribution in [-0.4, -0.2) is 29.4 Å². The number of hydrogen-bond donors (Lipinski definition) is 1. The molecule has 1 aliphatic heterocycles. The number of aromatic nitrogens is 2. The molecule has 2 aliphatic rings. The van der Waals surface area contributed by atoms with Crippen LogP contribution in [0.4, 0.5) is 0 Å². The predicted octanol–water partition coefficient (Wildman–Crippen LogP) is 2.14. The zero-order chi connectivity index (χ0) is 14.8. The molecule has 0 aromatic carbocycles. The van der Waals surface area contributed by atoms with Crippen molar-refractivity contribution in [2.24, 2.45) is 5.10 Å². The summed E-state index contributed by atoms with van der Waals surface area (Å²) in [4.78, 5) is 0. The molecule has 6 nitrogen and oxygen atoms in total. The van der Waals surface area contributed by atoms with Crippen LogP contribution in [0.25, 0.3) is 5.57 Å². The minimum atomic E-state index is -0.194. The molecule has 1 aliphatic carbocycles. The summed E-state index contributed by atoms with van der Waals surface area (Å²) in [6.07, 6.45) is 3.53. The van der Waals surface area contributed by atoms with Crippen LogP contribution in [0, 0.1) is 6.92 Å². The van der Waals surface area contributed by atoms with E-state index >= 15 is 0 Å². The lowest BCUT2D eigenvalue weighted by molar-refractivity contribution is 0.216. The van der Waals surface area contributed by atoms with Gasteiger partial charge in [0.2, 0.25) is 12.1 Å². The normalized spacial score (nSPS) is 21.4. The summed E-state index contributed by atoms with van der Waals surface area (Å²) < 4.78 is 11.1. The second-order valence-corrected chi connectivity index (χ2v) is 5.08. The van der Waals surface area contributed by atoms with Crippen LogP contribution in [0.3, 0.4) is 0 Å². The van der Waals surface area contributed by atoms with Gasteiger partial charge in [0, 0.05) is 12.5 Å². The highest BCUT2D eigenvalue weighted by Crippen LogP contribution is 2.32. The van der Waals surface area contributed by atoms with Crippen LogP contribution in [0.2, 0.25) is 0 Å². The zero-order valence-electron chi connectivity index (χ0n) is 12.4. The molecule has 110 valence electrons. The molecule has 0 saturated heterocycles. The maximum absolute atomic E-state index is 5.61. The van der Waals surface area contributed by atoms with Crippen LogP contribution in [0.1, 0.15) is 31.2 Å². The Morgan fingerprint density at radius 1 is 1.24 bits per heavy atom. The first kappa shape index (κ1) is 13.6. The number of rotatable bonds is 3. The highest BCUT2D eigenvalue weighted by molar-refractivity contribution is 5.75. The van der Waals surface area contributed by atoms with Gasteiger partial charge in [-0.25, -0.2) is 0 Å². The average molecular weight is 286 g/mol. The Morgan fingerprint density at radius 2 is 2.10 bits per heavy atom. The Hall–Kier alpha value is -2.37. The third-order valence-corrected chi connectivity index (χ3v) is 3.57. The molecular formula is C15H18N4O2. The lowest BCUT2D eigenvalue weighted by Gasteiger charge is -2.22. The number of aryl methyl sites for hydroxylation is 1. The number of methoxy groups -OCH3 is 1. The van der Waals surface area contributed by atoms with E-state index in [0.29, 0.717) is 5.90 Å². The largest absolute Gasteiger partial charge is 0.496 e. The lowest BCUT2D eigenvalue weighted by atomic mass is 9.94. The van der Waals surface area contributed by atoms with E-state index < -0.39 is 0 Å². The summed E-state index contributed by atoms with van der Waals surface area (Å²) in [7, 11) is 1.67. The van der Waals surface area contributed by atoms with Crippen molar-refractivity contribution < 1.29 is 9.47 Å². The molecule has 1 aromatic rings. The van der Waals surface area contributed by atoms with Crippen molar-refractivity contribution in [2.75, 3.05) is 7.11 Å². The first-order chi connectivity index (χ1) is 10.2. The van der Waals surface area contributed by atoms with Crippen molar-refractivity contribution in [3.05, 3.63) is 40.9 Å². The number of allylic oxidation sites excluding steroid dienone is 2. The van der Waals surface area contributed by atoms with E-state index in [4.69, 9.17) is 9.47 Å². The molecule has 1 atom stereocenters. The fourth-order valence-corrected chi connectivity index (χ4v) is 2.45. The SMILES string of the molecule is COC1=C(c2ccc(C)nn2)CCC(C2NN=C(C)O2)=C1. The van der Waals surface area contributed by atoms with Gasteiger partial charge in [-0.2, -0.15) is 10.2 Å². The molecule has 0 amide bonds. The maximum Gasteiger partial charge on any atom is 0.208 e. The quantitative estimate of drug-likeness (QED) is 0.922. The maximum atomic E-state index is 5.61. The Bertz CT molecular complexity index is 632. The highest BCUT2D eigenvalue weighted by Gasteiger charge is 2.26. The molecule has 3 rings (SSSR count). The van der Waals surface area contributed by atoms with Gasteiger partial charge in [0.15, 0.2) is 0 Å². The first-order valence-corrected chi connectivity index (χ1v) is 6.92. The predicted molar refractivity (Wildman–Crippen MR) is 79.1 cm³/mol. The standard InChI is InChI=1S/C15H18N4O2/c1-9-4-7-13(18-16-9)12-6-5-11(8-14(12)20-3)15-19-17-10(2)21-15/h4,7-8,15,19H,5-6H2,1-3H3. The van der Waals surface area contributed by atoms with Crippen molar-refractivity contribution in [2.45, 2.75) is 32.9 Å². The average Bonchev–Trinajstić information content (AvgIpc) is 2.94. The van der Waals surface area contributed by atoms with Gasteiger partial charge in [-0.15, -0.1) is 5.10 Å². The van der Waals surface area contributed by atoms with Crippen LogP contribution in [0.5, 0.6) is 0 Å². The summed E-state index contributed by atoms with van der Waals surface area (Å²) in [5.74, 6) is 1.46. The van der Waals surface area contributed by atoms with Gasteiger partial charge in [0.1, 0.15) is 5.76 Å². The summed E-state index contributed by atoms with van der Waals surface area (Å²) >= 11 is 0. The third-order valence-electron chi connectivity index (χ3n) is 3.57. The van der Waals surface area contributed by atoms with E-state index in [0.717, 1.165) is 41.1 Å². The molecule has 0 spiro atoms. The van der Waals surface area contributed by atoms with Gasteiger partial charge in [0.25, 0.3) is 0 Å². The first-order valence-electron chi connectivity index (χ1n) is 6.92. The van der Waals surface area contributed by atoms with Gasteiger partial charge < -0.3 is 9.47 Å². The molecule has 1 aromatic heterocycles. The van der Waals surface area contributed by atoms with Gasteiger partial charge in [0.05, 0.1) is 18.5 Å². The van der Waals surface area contributed by atoms with Crippen molar-refractivity contribution in [1.82, 2.24) is 15.6 Å². The van der Waals surface area contributed by atoms with Gasteiger partial charge in [-0.3, -0.25) is 5.43 Å². The number of ether oxygens (including phenoxy) is 2. The number of hydrazone groups is 1. The minimum Gasteiger partial charge on any atom is -0.496 e. The van der Waals surface area contributed by atoms with Crippen LogP contribution >= 0.6 is 0 Å². The number of nitrogens with one attached hydrogen (secondary N) is 1. The van der Waals surface area contributed by atoms with E-state index in [-0.39, 0.29) is 6.23 Å². The van der Waals surface area contributed by atoms with E-state index in [1.807, 2.05) is 32.1 Å². The van der Waals surface area contributed by atoms with E-state index in [1.165, 1.54) is 0 Å². The second kappa shape index (κ2) is 5.55. The summed E-state index contributed by atoms with van der Waals surface area (Å²) in [5.41, 5.74) is 6.93. The molecular weight excluding hydrogens is 268 g/mol. The van der Waals surface area contributed by atoms with Crippen molar-refractivity contribution in [1.29, 1.82) is 0 Å². The van der Waals surface area contributed by atoms with Gasteiger partial charge >= 0.3 is 0 Å². The van der Waals surface area contributed by atoms with E-state index in [1.54, 1.807) is 7.11 Å². The minimum absolute atomic E-state index is 0.194. The molecule has 1 N–H and O–H groups in total. The van der Waals surface area contributed by atoms with Crippen molar-refractivity contribution in [3.63, 3.8) is 0 Å². The Morgan fingerprint density at radius 3 is 2.71 bits per heavy atom. The molecule has 0 radical (unpaired) electrons. The van der Waals surface area contributed by atoms with Gasteiger partial charge in [-0.1, -0.05) is 0 Å². The molecule has 0 fully saturated rings. The second-order valence-electron chi connectivity index (χ2n) is 5.08. The Kier molecular flexibility index (Phi) is 3.60. The zero-order valence-corrected chi connectivity index (χ0v) is 12.4. The molecule has 0 saturated carbocycles.